The second-order valence-electron chi connectivity index (χ2n) is 3.22. The molecule has 1 aromatic carbocycles. The van der Waals surface area contributed by atoms with Gasteiger partial charge in [0, 0.05) is 12.4 Å². The van der Waals surface area contributed by atoms with E-state index >= 15 is 0 Å². The first kappa shape index (κ1) is 9.45. The van der Waals surface area contributed by atoms with Crippen LogP contribution in [0.3, 0.4) is 0 Å². The molecule has 0 fully saturated rings. The van der Waals surface area contributed by atoms with Gasteiger partial charge in [0.1, 0.15) is 5.82 Å². The third kappa shape index (κ3) is 2.04. The molecule has 4 heteroatoms. The van der Waals surface area contributed by atoms with E-state index in [4.69, 9.17) is 0 Å². The van der Waals surface area contributed by atoms with Crippen LogP contribution in [-0.2, 0) is 4.79 Å². The van der Waals surface area contributed by atoms with Crippen LogP contribution in [0.25, 0.3) is 10.9 Å². The summed E-state index contributed by atoms with van der Waals surface area (Å²) in [6.07, 6.45) is 0.691. The third-order valence-electron chi connectivity index (χ3n) is 2.05. The maximum absolute atomic E-state index is 10.4. The number of aromatic nitrogens is 1. The zero-order valence-electron chi connectivity index (χ0n) is 8.34. The lowest BCUT2D eigenvalue weighted by Crippen LogP contribution is -2.23. The fourth-order valence-corrected chi connectivity index (χ4v) is 1.34. The smallest absolute Gasteiger partial charge is 0.227 e. The Morgan fingerprint density at radius 3 is 2.87 bits per heavy atom. The van der Waals surface area contributed by atoms with Crippen LogP contribution in [0.1, 0.15) is 0 Å². The van der Waals surface area contributed by atoms with Crippen LogP contribution < -0.4 is 5.43 Å². The molecule has 2 rings (SSSR count). The fourth-order valence-electron chi connectivity index (χ4n) is 1.34. The minimum absolute atomic E-state index is 0.656. The maximum atomic E-state index is 10.4. The second-order valence-corrected chi connectivity index (χ2v) is 3.22. The van der Waals surface area contributed by atoms with Crippen LogP contribution in [0, 0.1) is 0 Å². The highest BCUT2D eigenvalue weighted by Crippen LogP contribution is 2.14. The van der Waals surface area contributed by atoms with Crippen molar-refractivity contribution in [2.45, 2.75) is 0 Å². The van der Waals surface area contributed by atoms with E-state index in [1.54, 1.807) is 7.05 Å². The van der Waals surface area contributed by atoms with Crippen molar-refractivity contribution in [3.8, 4) is 0 Å². The average molecular weight is 201 g/mol. The Labute approximate surface area is 87.5 Å². The van der Waals surface area contributed by atoms with Gasteiger partial charge in [0.15, 0.2) is 0 Å². The van der Waals surface area contributed by atoms with Crippen LogP contribution >= 0.6 is 0 Å². The summed E-state index contributed by atoms with van der Waals surface area (Å²) >= 11 is 0. The quantitative estimate of drug-likeness (QED) is 0.606. The number of anilines is 1. The molecule has 0 atom stereocenters. The number of hydrogen-bond acceptors (Lipinski definition) is 3. The van der Waals surface area contributed by atoms with Crippen molar-refractivity contribution in [1.82, 2.24) is 9.99 Å². The summed E-state index contributed by atoms with van der Waals surface area (Å²) in [6, 6.07) is 11.6. The lowest BCUT2D eigenvalue weighted by molar-refractivity contribution is -0.115. The van der Waals surface area contributed by atoms with Crippen LogP contribution in [0.4, 0.5) is 5.82 Å². The second kappa shape index (κ2) is 3.96. The van der Waals surface area contributed by atoms with Gasteiger partial charge in [-0.2, -0.15) is 0 Å². The van der Waals surface area contributed by atoms with Crippen molar-refractivity contribution in [3.05, 3.63) is 36.4 Å². The molecule has 0 unspecified atom stereocenters. The van der Waals surface area contributed by atoms with E-state index in [2.05, 4.69) is 10.4 Å². The highest BCUT2D eigenvalue weighted by atomic mass is 16.1. The van der Waals surface area contributed by atoms with Gasteiger partial charge in [-0.1, -0.05) is 18.2 Å². The standard InChI is InChI=1S/C11H11N3O/c1-14(8-15)13-11-7-6-9-4-2-3-5-10(9)12-11/h2-8H,1H3,(H,12,13). The third-order valence-corrected chi connectivity index (χ3v) is 2.05. The van der Waals surface area contributed by atoms with E-state index in [0.29, 0.717) is 12.2 Å². The summed E-state index contributed by atoms with van der Waals surface area (Å²) in [5.74, 6) is 0.656. The molecule has 0 saturated carbocycles. The number of nitrogens with one attached hydrogen (secondary N) is 1. The summed E-state index contributed by atoms with van der Waals surface area (Å²) in [5, 5.41) is 2.40. The van der Waals surface area contributed by atoms with Crippen molar-refractivity contribution < 1.29 is 4.79 Å². The van der Waals surface area contributed by atoms with Crippen LogP contribution in [-0.4, -0.2) is 23.5 Å². The highest BCUT2D eigenvalue weighted by molar-refractivity contribution is 5.80. The minimum Gasteiger partial charge on any atom is -0.280 e. The van der Waals surface area contributed by atoms with Crippen molar-refractivity contribution in [1.29, 1.82) is 0 Å². The number of carbonyl (C=O) groups excluding carboxylic acids is 1. The van der Waals surface area contributed by atoms with Gasteiger partial charge >= 0.3 is 0 Å². The molecule has 0 aliphatic rings. The molecule has 1 heterocycles. The van der Waals surface area contributed by atoms with Gasteiger partial charge in [0.2, 0.25) is 6.41 Å². The summed E-state index contributed by atoms with van der Waals surface area (Å²) in [6.45, 7) is 0. The van der Waals surface area contributed by atoms with Crippen LogP contribution in [0.5, 0.6) is 0 Å². The monoisotopic (exact) mass is 201 g/mol. The zero-order valence-corrected chi connectivity index (χ0v) is 8.34. The topological polar surface area (TPSA) is 45.2 Å². The van der Waals surface area contributed by atoms with Gasteiger partial charge in [-0.15, -0.1) is 0 Å². The predicted octanol–water partition coefficient (Wildman–Crippen LogP) is 1.65. The number of hydrogen-bond donors (Lipinski definition) is 1. The van der Waals surface area contributed by atoms with Crippen molar-refractivity contribution in [3.63, 3.8) is 0 Å². The Kier molecular flexibility index (Phi) is 2.49. The van der Waals surface area contributed by atoms with Gasteiger partial charge in [-0.25, -0.2) is 4.98 Å². The average Bonchev–Trinajstić information content (AvgIpc) is 2.29. The molecular weight excluding hydrogens is 190 g/mol. The summed E-state index contributed by atoms with van der Waals surface area (Å²) < 4.78 is 0. The molecule has 1 aromatic heterocycles. The first-order valence-corrected chi connectivity index (χ1v) is 4.60. The SMILES string of the molecule is CN(C=O)Nc1ccc2ccccc2n1. The van der Waals surface area contributed by atoms with Crippen LogP contribution in [0.15, 0.2) is 36.4 Å². The Balaban J connectivity index is 2.34. The Hall–Kier alpha value is -2.10. The van der Waals surface area contributed by atoms with E-state index < -0.39 is 0 Å². The summed E-state index contributed by atoms with van der Waals surface area (Å²) in [5.41, 5.74) is 3.74. The number of para-hydroxylation sites is 1. The number of fused-ring (bicyclic) bond motifs is 1. The number of amides is 1. The molecule has 2 aromatic rings. The molecule has 0 bridgehead atoms. The largest absolute Gasteiger partial charge is 0.280 e. The predicted molar refractivity (Wildman–Crippen MR) is 59.2 cm³/mol. The molecule has 76 valence electrons. The van der Waals surface area contributed by atoms with E-state index in [1.165, 1.54) is 5.01 Å². The maximum Gasteiger partial charge on any atom is 0.227 e. The van der Waals surface area contributed by atoms with E-state index in [-0.39, 0.29) is 0 Å². The summed E-state index contributed by atoms with van der Waals surface area (Å²) in [7, 11) is 1.63. The van der Waals surface area contributed by atoms with Gasteiger partial charge < -0.3 is 0 Å². The zero-order chi connectivity index (χ0) is 10.7. The van der Waals surface area contributed by atoms with E-state index in [0.717, 1.165) is 10.9 Å². The number of pyridine rings is 1. The fraction of sp³-hybridized carbons (Fsp3) is 0.0909. The molecule has 0 saturated heterocycles. The number of rotatable bonds is 3. The van der Waals surface area contributed by atoms with Gasteiger partial charge in [-0.3, -0.25) is 15.2 Å². The van der Waals surface area contributed by atoms with Gasteiger partial charge in [0.05, 0.1) is 5.52 Å². The number of nitrogens with zero attached hydrogens (tertiary/aromatic N) is 2. The van der Waals surface area contributed by atoms with Crippen molar-refractivity contribution in [2.75, 3.05) is 12.5 Å². The Bertz CT molecular complexity index is 484. The number of benzene rings is 1. The summed E-state index contributed by atoms with van der Waals surface area (Å²) in [4.78, 5) is 14.8. The number of hydrazine groups is 1. The Morgan fingerprint density at radius 1 is 1.27 bits per heavy atom. The molecular formula is C11H11N3O. The molecule has 0 radical (unpaired) electrons. The molecule has 1 N–H and O–H groups in total. The molecule has 1 amide bonds. The molecule has 4 nitrogen and oxygen atoms in total. The van der Waals surface area contributed by atoms with Crippen molar-refractivity contribution >= 4 is 23.1 Å². The lowest BCUT2D eigenvalue weighted by atomic mass is 10.2. The minimum atomic E-state index is 0.656. The highest BCUT2D eigenvalue weighted by Gasteiger charge is 1.98. The van der Waals surface area contributed by atoms with Gasteiger partial charge in [-0.05, 0) is 18.2 Å². The molecule has 15 heavy (non-hydrogen) atoms. The first-order valence-electron chi connectivity index (χ1n) is 4.60. The van der Waals surface area contributed by atoms with E-state index in [1.807, 2.05) is 36.4 Å². The molecule has 0 spiro atoms. The lowest BCUT2D eigenvalue weighted by Gasteiger charge is -2.12. The van der Waals surface area contributed by atoms with Crippen LogP contribution in [0.2, 0.25) is 0 Å². The number of carbonyl (C=O) groups is 1. The van der Waals surface area contributed by atoms with Gasteiger partial charge in [0.25, 0.3) is 0 Å². The van der Waals surface area contributed by atoms with E-state index in [9.17, 15) is 4.79 Å². The van der Waals surface area contributed by atoms with Crippen molar-refractivity contribution in [2.24, 2.45) is 0 Å². The normalized spacial score (nSPS) is 9.93. The molecule has 0 aliphatic carbocycles. The Morgan fingerprint density at radius 2 is 2.07 bits per heavy atom. The molecule has 0 aliphatic heterocycles. The first-order chi connectivity index (χ1) is 7.29.